The van der Waals surface area contributed by atoms with Gasteiger partial charge in [0.2, 0.25) is 5.91 Å². The van der Waals surface area contributed by atoms with Gasteiger partial charge in [-0.1, -0.05) is 36.4 Å². The summed E-state index contributed by atoms with van der Waals surface area (Å²) in [5.41, 5.74) is 4.90. The number of alkyl carbamates (subject to hydrolysis) is 1. The van der Waals surface area contributed by atoms with Crippen LogP contribution in [0.4, 0.5) is 10.5 Å². The second-order valence-electron chi connectivity index (χ2n) is 10.7. The van der Waals surface area contributed by atoms with Crippen LogP contribution in [0.5, 0.6) is 0 Å². The van der Waals surface area contributed by atoms with Gasteiger partial charge in [-0.05, 0) is 95.5 Å². The fraction of sp³-hybridized carbons (Fsp3) is 0.483. The number of aryl methyl sites for hydroxylation is 4. The SMILES string of the molecule is Cc1ccc(C(C(=O)Nc2c(C)cccc2C)N(C(=O)CNC(=O)OC(C)(C)C)C2CCC2)cc1C. The van der Waals surface area contributed by atoms with Crippen LogP contribution in [0, 0.1) is 27.7 Å². The summed E-state index contributed by atoms with van der Waals surface area (Å²) >= 11 is 0. The third-order valence-corrected chi connectivity index (χ3v) is 6.64. The van der Waals surface area contributed by atoms with Crippen LogP contribution in [-0.2, 0) is 14.3 Å². The van der Waals surface area contributed by atoms with Crippen molar-refractivity contribution in [1.29, 1.82) is 0 Å². The lowest BCUT2D eigenvalue weighted by molar-refractivity contribution is -0.143. The van der Waals surface area contributed by atoms with Gasteiger partial charge in [0.1, 0.15) is 18.2 Å². The summed E-state index contributed by atoms with van der Waals surface area (Å²) in [6.45, 7) is 13.0. The van der Waals surface area contributed by atoms with E-state index >= 15 is 0 Å². The molecule has 0 heterocycles. The Balaban J connectivity index is 1.96. The molecule has 0 aliphatic heterocycles. The first-order chi connectivity index (χ1) is 16.9. The molecule has 1 atom stereocenters. The largest absolute Gasteiger partial charge is 0.444 e. The Kier molecular flexibility index (Phi) is 8.43. The number of hydrogen-bond acceptors (Lipinski definition) is 4. The number of carbonyl (C=O) groups is 3. The van der Waals surface area contributed by atoms with E-state index < -0.39 is 17.7 Å². The quantitative estimate of drug-likeness (QED) is 0.533. The molecule has 1 saturated carbocycles. The summed E-state index contributed by atoms with van der Waals surface area (Å²) in [5, 5.41) is 5.67. The number of anilines is 1. The van der Waals surface area contributed by atoms with E-state index in [4.69, 9.17) is 4.74 Å². The maximum Gasteiger partial charge on any atom is 0.408 e. The molecular weight excluding hydrogens is 454 g/mol. The van der Waals surface area contributed by atoms with E-state index in [-0.39, 0.29) is 24.4 Å². The lowest BCUT2D eigenvalue weighted by Crippen LogP contribution is -2.53. The third-order valence-electron chi connectivity index (χ3n) is 6.64. The van der Waals surface area contributed by atoms with Gasteiger partial charge in [0.15, 0.2) is 0 Å². The molecule has 0 radical (unpaired) electrons. The van der Waals surface area contributed by atoms with Gasteiger partial charge >= 0.3 is 6.09 Å². The maximum atomic E-state index is 13.9. The number of ether oxygens (including phenoxy) is 1. The molecule has 0 spiro atoms. The highest BCUT2D eigenvalue weighted by atomic mass is 16.6. The Morgan fingerprint density at radius 3 is 2.14 bits per heavy atom. The van der Waals surface area contributed by atoms with Crippen LogP contribution in [0.25, 0.3) is 0 Å². The summed E-state index contributed by atoms with van der Waals surface area (Å²) in [6, 6.07) is 10.8. The topological polar surface area (TPSA) is 87.7 Å². The number of para-hydroxylation sites is 1. The van der Waals surface area contributed by atoms with Gasteiger partial charge in [0, 0.05) is 11.7 Å². The highest BCUT2D eigenvalue weighted by molar-refractivity contribution is 5.99. The Morgan fingerprint density at radius 1 is 0.972 bits per heavy atom. The average molecular weight is 494 g/mol. The zero-order chi connectivity index (χ0) is 26.6. The van der Waals surface area contributed by atoms with Crippen LogP contribution < -0.4 is 10.6 Å². The Labute approximate surface area is 214 Å². The number of nitrogens with one attached hydrogen (secondary N) is 2. The number of rotatable bonds is 7. The number of hydrogen-bond donors (Lipinski definition) is 2. The van der Waals surface area contributed by atoms with E-state index in [0.717, 1.165) is 52.8 Å². The molecule has 36 heavy (non-hydrogen) atoms. The summed E-state index contributed by atoms with van der Waals surface area (Å²) in [6.07, 6.45) is 1.96. The molecule has 7 nitrogen and oxygen atoms in total. The molecule has 0 bridgehead atoms. The molecule has 0 saturated heterocycles. The standard InChI is InChI=1S/C29H39N3O4/c1-18-14-15-22(16-21(18)4)26(27(34)31-25-19(2)10-8-11-20(25)3)32(23-12-9-13-23)24(33)17-30-28(35)36-29(5,6)7/h8,10-11,14-16,23,26H,9,12-13,17H2,1-7H3,(H,30,35)(H,31,34). The molecule has 2 N–H and O–H groups in total. The summed E-state index contributed by atoms with van der Waals surface area (Å²) in [5.74, 6) is -0.585. The highest BCUT2D eigenvalue weighted by Gasteiger charge is 2.39. The Morgan fingerprint density at radius 2 is 1.61 bits per heavy atom. The fourth-order valence-corrected chi connectivity index (χ4v) is 4.35. The number of nitrogens with zero attached hydrogens (tertiary/aromatic N) is 1. The molecule has 1 aliphatic carbocycles. The van der Waals surface area contributed by atoms with Crippen LogP contribution in [0.1, 0.15) is 73.9 Å². The average Bonchev–Trinajstić information content (AvgIpc) is 2.74. The van der Waals surface area contributed by atoms with Crippen LogP contribution in [-0.4, -0.2) is 41.0 Å². The number of benzene rings is 2. The van der Waals surface area contributed by atoms with Crippen molar-refractivity contribution < 1.29 is 19.1 Å². The lowest BCUT2D eigenvalue weighted by Gasteiger charge is -2.42. The minimum atomic E-state index is -0.832. The van der Waals surface area contributed by atoms with Crippen molar-refractivity contribution >= 4 is 23.6 Å². The zero-order valence-electron chi connectivity index (χ0n) is 22.5. The van der Waals surface area contributed by atoms with Crippen molar-refractivity contribution in [2.45, 2.75) is 85.4 Å². The first-order valence-corrected chi connectivity index (χ1v) is 12.6. The van der Waals surface area contributed by atoms with Gasteiger partial charge in [-0.15, -0.1) is 0 Å². The minimum absolute atomic E-state index is 0.0757. The van der Waals surface area contributed by atoms with Crippen LogP contribution in [0.15, 0.2) is 36.4 Å². The van der Waals surface area contributed by atoms with Crippen molar-refractivity contribution in [2.24, 2.45) is 0 Å². The molecule has 194 valence electrons. The molecule has 1 fully saturated rings. The summed E-state index contributed by atoms with van der Waals surface area (Å²) < 4.78 is 5.30. The molecule has 2 aromatic rings. The molecule has 1 aliphatic rings. The third kappa shape index (κ3) is 6.65. The van der Waals surface area contributed by atoms with E-state index in [0.29, 0.717) is 0 Å². The first kappa shape index (κ1) is 27.2. The van der Waals surface area contributed by atoms with Crippen molar-refractivity contribution in [3.63, 3.8) is 0 Å². The normalized spacial score (nSPS) is 14.4. The van der Waals surface area contributed by atoms with E-state index in [2.05, 4.69) is 10.6 Å². The highest BCUT2D eigenvalue weighted by Crippen LogP contribution is 2.35. The Hall–Kier alpha value is -3.35. The molecule has 2 aromatic carbocycles. The van der Waals surface area contributed by atoms with Crippen molar-refractivity contribution in [1.82, 2.24) is 10.2 Å². The zero-order valence-corrected chi connectivity index (χ0v) is 22.5. The van der Waals surface area contributed by atoms with E-state index in [1.165, 1.54) is 0 Å². The number of carbonyl (C=O) groups excluding carboxylic acids is 3. The van der Waals surface area contributed by atoms with Crippen LogP contribution >= 0.6 is 0 Å². The molecule has 3 rings (SSSR count). The van der Waals surface area contributed by atoms with E-state index in [9.17, 15) is 14.4 Å². The van der Waals surface area contributed by atoms with Crippen molar-refractivity contribution in [3.05, 3.63) is 64.2 Å². The molecular formula is C29H39N3O4. The first-order valence-electron chi connectivity index (χ1n) is 12.6. The van der Waals surface area contributed by atoms with E-state index in [1.807, 2.05) is 64.1 Å². The predicted octanol–water partition coefficient (Wildman–Crippen LogP) is 5.51. The predicted molar refractivity (Wildman–Crippen MR) is 142 cm³/mol. The molecule has 1 unspecified atom stereocenters. The van der Waals surface area contributed by atoms with Gasteiger partial charge in [-0.3, -0.25) is 9.59 Å². The molecule has 3 amide bonds. The van der Waals surface area contributed by atoms with Gasteiger partial charge in [-0.25, -0.2) is 4.79 Å². The van der Waals surface area contributed by atoms with Crippen molar-refractivity contribution in [2.75, 3.05) is 11.9 Å². The second-order valence-corrected chi connectivity index (χ2v) is 10.7. The maximum absolute atomic E-state index is 13.9. The monoisotopic (exact) mass is 493 g/mol. The molecule has 7 heteroatoms. The molecule has 0 aromatic heterocycles. The summed E-state index contributed by atoms with van der Waals surface area (Å²) in [7, 11) is 0. The lowest BCUT2D eigenvalue weighted by atomic mass is 9.88. The number of amides is 3. The van der Waals surface area contributed by atoms with Crippen molar-refractivity contribution in [3.8, 4) is 0 Å². The Bertz CT molecular complexity index is 1110. The summed E-state index contributed by atoms with van der Waals surface area (Å²) in [4.78, 5) is 41.4. The smallest absolute Gasteiger partial charge is 0.408 e. The second kappa shape index (κ2) is 11.1. The fourth-order valence-electron chi connectivity index (χ4n) is 4.35. The van der Waals surface area contributed by atoms with Crippen LogP contribution in [0.2, 0.25) is 0 Å². The van der Waals surface area contributed by atoms with Gasteiger partial charge in [0.05, 0.1) is 0 Å². The van der Waals surface area contributed by atoms with Gasteiger partial charge in [-0.2, -0.15) is 0 Å². The van der Waals surface area contributed by atoms with E-state index in [1.54, 1.807) is 25.7 Å². The minimum Gasteiger partial charge on any atom is -0.444 e. The van der Waals surface area contributed by atoms with Gasteiger partial charge < -0.3 is 20.3 Å². The van der Waals surface area contributed by atoms with Crippen LogP contribution in [0.3, 0.4) is 0 Å². The van der Waals surface area contributed by atoms with Gasteiger partial charge in [0.25, 0.3) is 5.91 Å².